The van der Waals surface area contributed by atoms with Crippen LogP contribution in [0.15, 0.2) is 41.4 Å². The number of hydrogen-bond donors (Lipinski definition) is 1. The maximum atomic E-state index is 13.3. The molecule has 152 valence electrons. The molecule has 1 N–H and O–H groups in total. The van der Waals surface area contributed by atoms with Crippen LogP contribution in [0.4, 0.5) is 4.39 Å². The summed E-state index contributed by atoms with van der Waals surface area (Å²) in [5.41, 5.74) is 3.46. The lowest BCUT2D eigenvalue weighted by atomic mass is 9.99. The lowest BCUT2D eigenvalue weighted by Crippen LogP contribution is -2.44. The molecule has 0 saturated carbocycles. The monoisotopic (exact) mass is 499 g/mol. The standard InChI is InChI=1S/C21H26FN3O2.HI/c1-23-21(24-9-7-15-5-4-6-18(22)11-15)25-10-8-16-12-19(26-2)20(27-3)13-17(16)14-25;/h4-6,11-13H,7-10,14H2,1-3H3,(H,23,24);1H. The number of hydrogen-bond acceptors (Lipinski definition) is 3. The zero-order valence-corrected chi connectivity index (χ0v) is 18.8. The van der Waals surface area contributed by atoms with Crippen molar-refractivity contribution in [2.45, 2.75) is 19.4 Å². The summed E-state index contributed by atoms with van der Waals surface area (Å²) in [6.07, 6.45) is 1.66. The van der Waals surface area contributed by atoms with Crippen molar-refractivity contribution in [2.75, 3.05) is 34.4 Å². The Labute approximate surface area is 183 Å². The molecule has 0 saturated heterocycles. The van der Waals surface area contributed by atoms with E-state index in [9.17, 15) is 4.39 Å². The van der Waals surface area contributed by atoms with Gasteiger partial charge in [-0.15, -0.1) is 24.0 Å². The van der Waals surface area contributed by atoms with Crippen LogP contribution in [0.3, 0.4) is 0 Å². The van der Waals surface area contributed by atoms with Crippen molar-refractivity contribution in [3.8, 4) is 11.5 Å². The van der Waals surface area contributed by atoms with Gasteiger partial charge in [-0.3, -0.25) is 4.99 Å². The van der Waals surface area contributed by atoms with Crippen LogP contribution in [0.25, 0.3) is 0 Å². The average molecular weight is 499 g/mol. The molecule has 2 aromatic carbocycles. The van der Waals surface area contributed by atoms with Gasteiger partial charge in [0.15, 0.2) is 17.5 Å². The summed E-state index contributed by atoms with van der Waals surface area (Å²) >= 11 is 0. The Morgan fingerprint density at radius 1 is 1.14 bits per heavy atom. The summed E-state index contributed by atoms with van der Waals surface area (Å²) in [5, 5.41) is 3.39. The second-order valence-electron chi connectivity index (χ2n) is 6.50. The van der Waals surface area contributed by atoms with Crippen molar-refractivity contribution in [3.05, 3.63) is 58.9 Å². The Kier molecular flexibility index (Phi) is 8.35. The third-order valence-electron chi connectivity index (χ3n) is 4.82. The minimum absolute atomic E-state index is 0. The number of nitrogens with zero attached hydrogens (tertiary/aromatic N) is 2. The van der Waals surface area contributed by atoms with Gasteiger partial charge in [0, 0.05) is 26.7 Å². The summed E-state index contributed by atoms with van der Waals surface area (Å²) in [7, 11) is 5.09. The molecule has 0 radical (unpaired) electrons. The Morgan fingerprint density at radius 3 is 2.50 bits per heavy atom. The van der Waals surface area contributed by atoms with Crippen molar-refractivity contribution in [1.29, 1.82) is 0 Å². The molecular weight excluding hydrogens is 472 g/mol. The fraction of sp³-hybridized carbons (Fsp3) is 0.381. The first-order valence-corrected chi connectivity index (χ1v) is 9.08. The van der Waals surface area contributed by atoms with Crippen molar-refractivity contribution in [2.24, 2.45) is 4.99 Å². The highest BCUT2D eigenvalue weighted by molar-refractivity contribution is 14.0. The Morgan fingerprint density at radius 2 is 1.86 bits per heavy atom. The van der Waals surface area contributed by atoms with Gasteiger partial charge in [0.05, 0.1) is 14.2 Å². The van der Waals surface area contributed by atoms with Gasteiger partial charge in [-0.05, 0) is 53.8 Å². The van der Waals surface area contributed by atoms with E-state index < -0.39 is 0 Å². The number of aliphatic imine (C=N–C) groups is 1. The second-order valence-corrected chi connectivity index (χ2v) is 6.50. The van der Waals surface area contributed by atoms with Crippen molar-refractivity contribution in [1.82, 2.24) is 10.2 Å². The molecule has 2 aromatic rings. The van der Waals surface area contributed by atoms with E-state index in [2.05, 4.69) is 21.3 Å². The molecule has 0 bridgehead atoms. The van der Waals surface area contributed by atoms with E-state index in [0.29, 0.717) is 6.54 Å². The summed E-state index contributed by atoms with van der Waals surface area (Å²) in [6, 6.07) is 10.8. The number of halogens is 2. The zero-order chi connectivity index (χ0) is 19.2. The van der Waals surface area contributed by atoms with E-state index >= 15 is 0 Å². The molecule has 3 rings (SSSR count). The number of fused-ring (bicyclic) bond motifs is 1. The molecule has 0 atom stereocenters. The maximum absolute atomic E-state index is 13.3. The Hall–Kier alpha value is -2.03. The highest BCUT2D eigenvalue weighted by Crippen LogP contribution is 2.33. The van der Waals surface area contributed by atoms with Gasteiger partial charge in [-0.1, -0.05) is 12.1 Å². The summed E-state index contributed by atoms with van der Waals surface area (Å²) < 4.78 is 24.1. The largest absolute Gasteiger partial charge is 0.493 e. The predicted molar refractivity (Wildman–Crippen MR) is 121 cm³/mol. The first-order chi connectivity index (χ1) is 13.1. The van der Waals surface area contributed by atoms with Gasteiger partial charge in [-0.2, -0.15) is 0 Å². The molecular formula is C21H27FIN3O2. The quantitative estimate of drug-likeness (QED) is 0.388. The normalized spacial score (nSPS) is 13.4. The zero-order valence-electron chi connectivity index (χ0n) is 16.5. The molecule has 7 heteroatoms. The third-order valence-corrected chi connectivity index (χ3v) is 4.82. The fourth-order valence-electron chi connectivity index (χ4n) is 3.41. The predicted octanol–water partition coefficient (Wildman–Crippen LogP) is 3.64. The molecule has 28 heavy (non-hydrogen) atoms. The van der Waals surface area contributed by atoms with Crippen LogP contribution < -0.4 is 14.8 Å². The molecule has 0 fully saturated rings. The van der Waals surface area contributed by atoms with Crippen molar-refractivity contribution < 1.29 is 13.9 Å². The maximum Gasteiger partial charge on any atom is 0.193 e. The van der Waals surface area contributed by atoms with E-state index in [-0.39, 0.29) is 29.8 Å². The van der Waals surface area contributed by atoms with E-state index in [1.807, 2.05) is 12.1 Å². The van der Waals surface area contributed by atoms with Crippen LogP contribution in [0.2, 0.25) is 0 Å². The molecule has 0 aromatic heterocycles. The van der Waals surface area contributed by atoms with E-state index in [0.717, 1.165) is 49.0 Å². The van der Waals surface area contributed by atoms with Gasteiger partial charge >= 0.3 is 0 Å². The van der Waals surface area contributed by atoms with Crippen molar-refractivity contribution in [3.63, 3.8) is 0 Å². The van der Waals surface area contributed by atoms with Gasteiger partial charge < -0.3 is 19.7 Å². The summed E-state index contributed by atoms with van der Waals surface area (Å²) in [4.78, 5) is 6.63. The van der Waals surface area contributed by atoms with Crippen LogP contribution in [0.1, 0.15) is 16.7 Å². The highest BCUT2D eigenvalue weighted by Gasteiger charge is 2.21. The summed E-state index contributed by atoms with van der Waals surface area (Å²) in [6.45, 7) is 2.34. The molecule has 1 heterocycles. The SMILES string of the molecule is CN=C(NCCc1cccc(F)c1)N1CCc2cc(OC)c(OC)cc2C1.I. The second kappa shape index (κ2) is 10.5. The van der Waals surface area contributed by atoms with Gasteiger partial charge in [-0.25, -0.2) is 4.39 Å². The number of nitrogens with one attached hydrogen (secondary N) is 1. The summed E-state index contributed by atoms with van der Waals surface area (Å²) in [5.74, 6) is 2.16. The Bertz CT molecular complexity index is 829. The van der Waals surface area contributed by atoms with E-state index in [1.165, 1.54) is 17.2 Å². The van der Waals surface area contributed by atoms with Gasteiger partial charge in [0.1, 0.15) is 5.82 Å². The molecule has 1 aliphatic rings. The molecule has 0 aliphatic carbocycles. The molecule has 0 amide bonds. The van der Waals surface area contributed by atoms with Gasteiger partial charge in [0.25, 0.3) is 0 Å². The van der Waals surface area contributed by atoms with Crippen LogP contribution in [0, 0.1) is 5.82 Å². The lowest BCUT2D eigenvalue weighted by Gasteiger charge is -2.32. The van der Waals surface area contributed by atoms with Gasteiger partial charge in [0.2, 0.25) is 0 Å². The molecule has 5 nitrogen and oxygen atoms in total. The van der Waals surface area contributed by atoms with Crippen LogP contribution in [0.5, 0.6) is 11.5 Å². The smallest absolute Gasteiger partial charge is 0.193 e. The topological polar surface area (TPSA) is 46.1 Å². The Balaban J connectivity index is 0.00000280. The van der Waals surface area contributed by atoms with E-state index in [1.54, 1.807) is 33.4 Å². The minimum Gasteiger partial charge on any atom is -0.493 e. The van der Waals surface area contributed by atoms with Crippen molar-refractivity contribution >= 4 is 29.9 Å². The number of rotatable bonds is 5. The molecule has 1 aliphatic heterocycles. The van der Waals surface area contributed by atoms with Crippen LogP contribution >= 0.6 is 24.0 Å². The fourth-order valence-corrected chi connectivity index (χ4v) is 3.41. The molecule has 0 unspecified atom stereocenters. The number of ether oxygens (including phenoxy) is 2. The lowest BCUT2D eigenvalue weighted by molar-refractivity contribution is 0.346. The average Bonchev–Trinajstić information content (AvgIpc) is 2.69. The number of benzene rings is 2. The highest BCUT2D eigenvalue weighted by atomic mass is 127. The van der Waals surface area contributed by atoms with E-state index in [4.69, 9.17) is 9.47 Å². The molecule has 0 spiro atoms. The van der Waals surface area contributed by atoms with Crippen LogP contribution in [-0.4, -0.2) is 45.2 Å². The first-order valence-electron chi connectivity index (χ1n) is 9.08. The van der Waals surface area contributed by atoms with Crippen LogP contribution in [-0.2, 0) is 19.4 Å². The third kappa shape index (κ3) is 5.27. The first kappa shape index (κ1) is 22.3. The number of guanidine groups is 1. The minimum atomic E-state index is -0.200. The number of methoxy groups -OCH3 is 2.